The van der Waals surface area contributed by atoms with Gasteiger partial charge in [-0.2, -0.15) is 0 Å². The molecule has 2 aliphatic rings. The number of ether oxygens (including phenoxy) is 1. The Labute approximate surface area is 120 Å². The number of carbonyl (C=O) groups excluding carboxylic acids is 1. The Bertz CT molecular complexity index is 460. The van der Waals surface area contributed by atoms with E-state index in [-0.39, 0.29) is 24.0 Å². The van der Waals surface area contributed by atoms with E-state index in [1.54, 1.807) is 6.92 Å². The number of carbonyl (C=O) groups is 2. The van der Waals surface area contributed by atoms with E-state index in [4.69, 9.17) is 9.84 Å². The van der Waals surface area contributed by atoms with Crippen LogP contribution in [0.4, 0.5) is 0 Å². The molecule has 1 saturated heterocycles. The predicted molar refractivity (Wildman–Crippen MR) is 75.4 cm³/mol. The first-order chi connectivity index (χ1) is 9.06. The van der Waals surface area contributed by atoms with Gasteiger partial charge in [-0.25, -0.2) is 0 Å². The molecule has 3 unspecified atom stereocenters. The second-order valence-electron chi connectivity index (χ2n) is 7.48. The number of ketones is 1. The molecule has 4 heteroatoms. The Kier molecular flexibility index (Phi) is 3.57. The van der Waals surface area contributed by atoms with Crippen molar-refractivity contribution in [3.63, 3.8) is 0 Å². The first-order valence-corrected chi connectivity index (χ1v) is 7.21. The van der Waals surface area contributed by atoms with Gasteiger partial charge in [-0.3, -0.25) is 9.59 Å². The number of hydrogen-bond donors (Lipinski definition) is 1. The summed E-state index contributed by atoms with van der Waals surface area (Å²) in [6.07, 6.45) is 5.56. The standard InChI is InChI=1S/C16H24O4/c1-14(2,3)11-5-7-16(8-6-11)12(17)9-15(4,20-16)10-13(18)19/h5,7,11H,6,8-10H2,1-4H3,(H,18,19). The number of rotatable bonds is 2. The van der Waals surface area contributed by atoms with E-state index in [0.29, 0.717) is 12.3 Å². The molecule has 0 amide bonds. The van der Waals surface area contributed by atoms with E-state index in [9.17, 15) is 9.59 Å². The molecule has 1 N–H and O–H groups in total. The highest BCUT2D eigenvalue weighted by molar-refractivity contribution is 5.93. The molecule has 20 heavy (non-hydrogen) atoms. The zero-order chi connectivity index (χ0) is 15.2. The van der Waals surface area contributed by atoms with Crippen LogP contribution in [-0.4, -0.2) is 28.1 Å². The Hall–Kier alpha value is -1.16. The third kappa shape index (κ3) is 2.80. The van der Waals surface area contributed by atoms with Crippen molar-refractivity contribution in [3.05, 3.63) is 12.2 Å². The molecule has 0 aromatic carbocycles. The number of carboxylic acid groups (broad SMARTS) is 1. The van der Waals surface area contributed by atoms with Crippen molar-refractivity contribution in [3.8, 4) is 0 Å². The van der Waals surface area contributed by atoms with Crippen molar-refractivity contribution >= 4 is 11.8 Å². The molecular weight excluding hydrogens is 256 g/mol. The molecule has 0 aromatic heterocycles. The Morgan fingerprint density at radius 3 is 2.60 bits per heavy atom. The molecule has 3 atom stereocenters. The predicted octanol–water partition coefficient (Wildman–Crippen LogP) is 2.96. The zero-order valence-corrected chi connectivity index (χ0v) is 12.7. The minimum absolute atomic E-state index is 0.0184. The lowest BCUT2D eigenvalue weighted by atomic mass is 9.72. The van der Waals surface area contributed by atoms with Crippen LogP contribution >= 0.6 is 0 Å². The number of allylic oxidation sites excluding steroid dienone is 1. The number of hydrogen-bond acceptors (Lipinski definition) is 3. The summed E-state index contributed by atoms with van der Waals surface area (Å²) < 4.78 is 5.94. The van der Waals surface area contributed by atoms with Gasteiger partial charge in [0.15, 0.2) is 5.78 Å². The highest BCUT2D eigenvalue weighted by Crippen LogP contribution is 2.46. The summed E-state index contributed by atoms with van der Waals surface area (Å²) in [6, 6.07) is 0. The quantitative estimate of drug-likeness (QED) is 0.790. The number of carboxylic acids is 1. The van der Waals surface area contributed by atoms with E-state index < -0.39 is 17.2 Å². The summed E-state index contributed by atoms with van der Waals surface area (Å²) in [7, 11) is 0. The number of Topliss-reactive ketones (excluding diaryl/α,β-unsaturated/α-hetero) is 1. The van der Waals surface area contributed by atoms with Crippen LogP contribution in [-0.2, 0) is 14.3 Å². The van der Waals surface area contributed by atoms with Gasteiger partial charge in [0.25, 0.3) is 0 Å². The van der Waals surface area contributed by atoms with Crippen LogP contribution in [0.2, 0.25) is 0 Å². The Balaban J connectivity index is 2.18. The summed E-state index contributed by atoms with van der Waals surface area (Å²) in [5, 5.41) is 8.95. The normalized spacial score (nSPS) is 37.6. The molecule has 2 rings (SSSR count). The van der Waals surface area contributed by atoms with E-state index in [0.717, 1.165) is 6.42 Å². The van der Waals surface area contributed by atoms with Crippen molar-refractivity contribution in [2.45, 2.75) is 64.6 Å². The van der Waals surface area contributed by atoms with Gasteiger partial charge in [-0.05, 0) is 37.2 Å². The molecular formula is C16H24O4. The largest absolute Gasteiger partial charge is 0.481 e. The summed E-state index contributed by atoms with van der Waals surface area (Å²) in [6.45, 7) is 8.28. The van der Waals surface area contributed by atoms with Crippen LogP contribution in [0, 0.1) is 11.3 Å². The van der Waals surface area contributed by atoms with Crippen molar-refractivity contribution < 1.29 is 19.4 Å². The molecule has 0 aromatic rings. The highest BCUT2D eigenvalue weighted by Gasteiger charge is 2.53. The van der Waals surface area contributed by atoms with Crippen molar-refractivity contribution in [2.75, 3.05) is 0 Å². The third-order valence-electron chi connectivity index (χ3n) is 4.50. The molecule has 0 radical (unpaired) electrons. The molecule has 0 saturated carbocycles. The van der Waals surface area contributed by atoms with Gasteiger partial charge in [0.1, 0.15) is 5.60 Å². The molecule has 1 spiro atoms. The van der Waals surface area contributed by atoms with E-state index in [1.165, 1.54) is 0 Å². The average molecular weight is 280 g/mol. The van der Waals surface area contributed by atoms with E-state index in [2.05, 4.69) is 26.8 Å². The van der Waals surface area contributed by atoms with E-state index >= 15 is 0 Å². The first-order valence-electron chi connectivity index (χ1n) is 7.21. The summed E-state index contributed by atoms with van der Waals surface area (Å²) in [4.78, 5) is 23.2. The van der Waals surface area contributed by atoms with Crippen LogP contribution in [0.15, 0.2) is 12.2 Å². The zero-order valence-electron chi connectivity index (χ0n) is 12.7. The topological polar surface area (TPSA) is 63.6 Å². The maximum Gasteiger partial charge on any atom is 0.306 e. The molecule has 1 fully saturated rings. The SMILES string of the molecule is CC1(CC(=O)O)CC(=O)C2(C=CC(C(C)(C)C)CC2)O1. The minimum atomic E-state index is -0.926. The molecule has 1 aliphatic carbocycles. The van der Waals surface area contributed by atoms with Gasteiger partial charge in [-0.15, -0.1) is 0 Å². The van der Waals surface area contributed by atoms with Crippen LogP contribution in [0.5, 0.6) is 0 Å². The second-order valence-corrected chi connectivity index (χ2v) is 7.48. The maximum absolute atomic E-state index is 12.3. The Morgan fingerprint density at radius 1 is 1.50 bits per heavy atom. The summed E-state index contributed by atoms with van der Waals surface area (Å²) in [5.41, 5.74) is -1.59. The fourth-order valence-corrected chi connectivity index (χ4v) is 3.30. The van der Waals surface area contributed by atoms with Gasteiger partial charge >= 0.3 is 5.97 Å². The third-order valence-corrected chi connectivity index (χ3v) is 4.50. The fraction of sp³-hybridized carbons (Fsp3) is 0.750. The van der Waals surface area contributed by atoms with Crippen LogP contribution in [0.3, 0.4) is 0 Å². The maximum atomic E-state index is 12.3. The smallest absolute Gasteiger partial charge is 0.306 e. The first kappa shape index (κ1) is 15.2. The van der Waals surface area contributed by atoms with Gasteiger partial charge in [-0.1, -0.05) is 26.8 Å². The van der Waals surface area contributed by atoms with Crippen molar-refractivity contribution in [1.82, 2.24) is 0 Å². The van der Waals surface area contributed by atoms with Gasteiger partial charge in [0.05, 0.1) is 12.0 Å². The van der Waals surface area contributed by atoms with Crippen molar-refractivity contribution in [2.24, 2.45) is 11.3 Å². The number of aliphatic carboxylic acids is 1. The molecule has 1 aliphatic heterocycles. The lowest BCUT2D eigenvalue weighted by Gasteiger charge is -2.37. The van der Waals surface area contributed by atoms with Crippen molar-refractivity contribution in [1.29, 1.82) is 0 Å². The Morgan fingerprint density at radius 2 is 2.15 bits per heavy atom. The van der Waals surface area contributed by atoms with E-state index in [1.807, 2.05) is 6.08 Å². The van der Waals surface area contributed by atoms with Gasteiger partial charge in [0, 0.05) is 6.42 Å². The van der Waals surface area contributed by atoms with Crippen LogP contribution in [0.25, 0.3) is 0 Å². The lowest BCUT2D eigenvalue weighted by molar-refractivity contribution is -0.149. The second kappa shape index (κ2) is 4.69. The van der Waals surface area contributed by atoms with Crippen LogP contribution in [0.1, 0.15) is 53.4 Å². The fourth-order valence-electron chi connectivity index (χ4n) is 3.30. The molecule has 1 heterocycles. The minimum Gasteiger partial charge on any atom is -0.481 e. The highest BCUT2D eigenvalue weighted by atomic mass is 16.5. The summed E-state index contributed by atoms with van der Waals surface area (Å²) in [5.74, 6) is -0.481. The van der Waals surface area contributed by atoms with Gasteiger partial charge in [0.2, 0.25) is 0 Å². The van der Waals surface area contributed by atoms with Crippen LogP contribution < -0.4 is 0 Å². The average Bonchev–Trinajstić information content (AvgIpc) is 2.48. The molecule has 4 nitrogen and oxygen atoms in total. The van der Waals surface area contributed by atoms with Gasteiger partial charge < -0.3 is 9.84 Å². The summed E-state index contributed by atoms with van der Waals surface area (Å²) >= 11 is 0. The molecule has 0 bridgehead atoms. The lowest BCUT2D eigenvalue weighted by Crippen LogP contribution is -2.40. The molecule has 112 valence electrons. The monoisotopic (exact) mass is 280 g/mol.